The van der Waals surface area contributed by atoms with Crippen molar-refractivity contribution < 1.29 is 4.79 Å². The predicted molar refractivity (Wildman–Crippen MR) is 87.0 cm³/mol. The molecular weight excluding hydrogens is 316 g/mol. The van der Waals surface area contributed by atoms with Crippen molar-refractivity contribution in [2.45, 2.75) is 33.1 Å². The highest BCUT2D eigenvalue weighted by Gasteiger charge is 2.16. The molecule has 1 saturated heterocycles. The molecule has 1 N–H and O–H groups in total. The van der Waals surface area contributed by atoms with Crippen LogP contribution >= 0.6 is 15.9 Å². The van der Waals surface area contributed by atoms with Crippen LogP contribution in [0.5, 0.6) is 0 Å². The van der Waals surface area contributed by atoms with Crippen molar-refractivity contribution in [3.8, 4) is 0 Å². The highest BCUT2D eigenvalue weighted by Crippen LogP contribution is 2.20. The van der Waals surface area contributed by atoms with Gasteiger partial charge in [-0.25, -0.2) is 0 Å². The van der Waals surface area contributed by atoms with Gasteiger partial charge in [-0.2, -0.15) is 0 Å². The molecule has 20 heavy (non-hydrogen) atoms. The van der Waals surface area contributed by atoms with E-state index >= 15 is 0 Å². The zero-order valence-electron chi connectivity index (χ0n) is 12.3. The highest BCUT2D eigenvalue weighted by molar-refractivity contribution is 9.10. The fourth-order valence-electron chi connectivity index (χ4n) is 2.70. The number of rotatable bonds is 4. The lowest BCUT2D eigenvalue weighted by Crippen LogP contribution is -2.36. The molecule has 4 heteroatoms. The average molecular weight is 339 g/mol. The molecule has 0 radical (unpaired) electrons. The quantitative estimate of drug-likeness (QED) is 0.905. The second-order valence-corrected chi connectivity index (χ2v) is 6.66. The first-order chi connectivity index (χ1) is 9.54. The summed E-state index contributed by atoms with van der Waals surface area (Å²) < 4.78 is 1.07. The molecule has 0 aliphatic carbocycles. The van der Waals surface area contributed by atoms with Crippen molar-refractivity contribution in [2.24, 2.45) is 5.92 Å². The second-order valence-electron chi connectivity index (χ2n) is 5.81. The number of benzene rings is 1. The first-order valence-electron chi connectivity index (χ1n) is 7.33. The Labute approximate surface area is 129 Å². The van der Waals surface area contributed by atoms with E-state index < -0.39 is 0 Å². The van der Waals surface area contributed by atoms with Crippen molar-refractivity contribution in [3.05, 3.63) is 28.2 Å². The third-order valence-corrected chi connectivity index (χ3v) is 4.73. The summed E-state index contributed by atoms with van der Waals surface area (Å²) in [5.41, 5.74) is 2.01. The molecule has 1 fully saturated rings. The number of nitrogens with one attached hydrogen (secondary N) is 1. The zero-order valence-corrected chi connectivity index (χ0v) is 13.9. The highest BCUT2D eigenvalue weighted by atomic mass is 79.9. The number of halogens is 1. The van der Waals surface area contributed by atoms with Gasteiger partial charge in [0.25, 0.3) is 0 Å². The summed E-state index contributed by atoms with van der Waals surface area (Å²) in [5, 5.41) is 2.97. The van der Waals surface area contributed by atoms with Gasteiger partial charge < -0.3 is 10.2 Å². The van der Waals surface area contributed by atoms with Crippen LogP contribution in [0.2, 0.25) is 0 Å². The standard InChI is InChI=1S/C16H23BrN2O/c1-12-4-3-8-19(11-12)9-7-16(20)18-14-5-6-15(17)13(2)10-14/h5-6,10,12H,3-4,7-9,11H2,1-2H3,(H,18,20). The van der Waals surface area contributed by atoms with Gasteiger partial charge in [0.1, 0.15) is 0 Å². The minimum Gasteiger partial charge on any atom is -0.326 e. The molecule has 1 heterocycles. The van der Waals surface area contributed by atoms with E-state index in [1.54, 1.807) is 0 Å². The molecule has 0 bridgehead atoms. The molecule has 1 aromatic rings. The number of hydrogen-bond donors (Lipinski definition) is 1. The van der Waals surface area contributed by atoms with E-state index in [4.69, 9.17) is 0 Å². The molecule has 0 aromatic heterocycles. The van der Waals surface area contributed by atoms with Crippen LogP contribution in [0.3, 0.4) is 0 Å². The zero-order chi connectivity index (χ0) is 14.5. The molecule has 0 spiro atoms. The van der Waals surface area contributed by atoms with Gasteiger partial charge in [-0.1, -0.05) is 22.9 Å². The minimum absolute atomic E-state index is 0.102. The maximum absolute atomic E-state index is 12.0. The number of carbonyl (C=O) groups excluding carboxylic acids is 1. The van der Waals surface area contributed by atoms with Crippen LogP contribution in [-0.2, 0) is 4.79 Å². The molecule has 2 rings (SSSR count). The first kappa shape index (κ1) is 15.5. The van der Waals surface area contributed by atoms with Crippen molar-refractivity contribution in [3.63, 3.8) is 0 Å². The van der Waals surface area contributed by atoms with Crippen LogP contribution in [0.25, 0.3) is 0 Å². The van der Waals surface area contributed by atoms with Gasteiger partial charge in [-0.15, -0.1) is 0 Å². The Kier molecular flexibility index (Phi) is 5.61. The lowest BCUT2D eigenvalue weighted by molar-refractivity contribution is -0.116. The van der Waals surface area contributed by atoms with Gasteiger partial charge in [0, 0.05) is 29.7 Å². The van der Waals surface area contributed by atoms with Gasteiger partial charge in [0.15, 0.2) is 0 Å². The van der Waals surface area contributed by atoms with Gasteiger partial charge in [-0.3, -0.25) is 4.79 Å². The van der Waals surface area contributed by atoms with E-state index in [2.05, 4.69) is 33.1 Å². The number of nitrogens with zero attached hydrogens (tertiary/aromatic N) is 1. The summed E-state index contributed by atoms with van der Waals surface area (Å²) in [6.07, 6.45) is 3.15. The summed E-state index contributed by atoms with van der Waals surface area (Å²) in [6.45, 7) is 7.44. The Balaban J connectivity index is 1.78. The monoisotopic (exact) mass is 338 g/mol. The summed E-state index contributed by atoms with van der Waals surface area (Å²) >= 11 is 3.46. The summed E-state index contributed by atoms with van der Waals surface area (Å²) in [5.74, 6) is 0.867. The SMILES string of the molecule is Cc1cc(NC(=O)CCN2CCCC(C)C2)ccc1Br. The molecule has 1 aromatic carbocycles. The van der Waals surface area contributed by atoms with E-state index in [0.717, 1.165) is 41.3 Å². The van der Waals surface area contributed by atoms with Crippen molar-refractivity contribution in [1.82, 2.24) is 4.90 Å². The lowest BCUT2D eigenvalue weighted by atomic mass is 10.0. The third-order valence-electron chi connectivity index (χ3n) is 3.84. The van der Waals surface area contributed by atoms with Crippen molar-refractivity contribution in [1.29, 1.82) is 0 Å². The Hall–Kier alpha value is -0.870. The summed E-state index contributed by atoms with van der Waals surface area (Å²) in [4.78, 5) is 14.4. The number of likely N-dealkylation sites (tertiary alicyclic amines) is 1. The molecule has 1 amide bonds. The van der Waals surface area contributed by atoms with Crippen LogP contribution < -0.4 is 5.32 Å². The Bertz CT molecular complexity index is 476. The summed E-state index contributed by atoms with van der Waals surface area (Å²) in [7, 11) is 0. The van der Waals surface area contributed by atoms with Crippen molar-refractivity contribution >= 4 is 27.5 Å². The minimum atomic E-state index is 0.102. The predicted octanol–water partition coefficient (Wildman–Crippen LogP) is 3.82. The van der Waals surface area contributed by atoms with Gasteiger partial charge in [-0.05, 0) is 56.0 Å². The molecule has 110 valence electrons. The largest absolute Gasteiger partial charge is 0.326 e. The lowest BCUT2D eigenvalue weighted by Gasteiger charge is -2.30. The second kappa shape index (κ2) is 7.23. The maximum atomic E-state index is 12.0. The van der Waals surface area contributed by atoms with E-state index in [1.807, 2.05) is 25.1 Å². The van der Waals surface area contributed by atoms with E-state index in [9.17, 15) is 4.79 Å². The van der Waals surface area contributed by atoms with Crippen LogP contribution in [0.15, 0.2) is 22.7 Å². The summed E-state index contributed by atoms with van der Waals surface area (Å²) in [6, 6.07) is 5.89. The number of carbonyl (C=O) groups is 1. The molecule has 1 aliphatic rings. The molecule has 1 unspecified atom stereocenters. The number of piperidine rings is 1. The first-order valence-corrected chi connectivity index (χ1v) is 8.12. The Morgan fingerprint density at radius 1 is 1.50 bits per heavy atom. The Morgan fingerprint density at radius 3 is 3.00 bits per heavy atom. The molecule has 0 saturated carbocycles. The Morgan fingerprint density at radius 2 is 2.30 bits per heavy atom. The van der Waals surface area contributed by atoms with E-state index in [-0.39, 0.29) is 5.91 Å². The van der Waals surface area contributed by atoms with Crippen LogP contribution in [-0.4, -0.2) is 30.4 Å². The number of hydrogen-bond acceptors (Lipinski definition) is 2. The van der Waals surface area contributed by atoms with Crippen LogP contribution in [0.1, 0.15) is 31.7 Å². The average Bonchev–Trinajstić information content (AvgIpc) is 2.41. The van der Waals surface area contributed by atoms with Crippen molar-refractivity contribution in [2.75, 3.05) is 25.0 Å². The van der Waals surface area contributed by atoms with Gasteiger partial charge >= 0.3 is 0 Å². The number of aryl methyl sites for hydroxylation is 1. The maximum Gasteiger partial charge on any atom is 0.225 e. The topological polar surface area (TPSA) is 32.3 Å². The van der Waals surface area contributed by atoms with E-state index in [1.165, 1.54) is 12.8 Å². The smallest absolute Gasteiger partial charge is 0.225 e. The third kappa shape index (κ3) is 4.60. The van der Waals surface area contributed by atoms with Crippen LogP contribution in [0.4, 0.5) is 5.69 Å². The number of anilines is 1. The molecular formula is C16H23BrN2O. The molecule has 1 aliphatic heterocycles. The van der Waals surface area contributed by atoms with E-state index in [0.29, 0.717) is 6.42 Å². The fourth-order valence-corrected chi connectivity index (χ4v) is 2.94. The fraction of sp³-hybridized carbons (Fsp3) is 0.562. The van der Waals surface area contributed by atoms with Crippen LogP contribution in [0, 0.1) is 12.8 Å². The van der Waals surface area contributed by atoms with Gasteiger partial charge in [0.2, 0.25) is 5.91 Å². The molecule has 3 nitrogen and oxygen atoms in total. The number of amides is 1. The molecule has 1 atom stereocenters. The van der Waals surface area contributed by atoms with Gasteiger partial charge in [0.05, 0.1) is 0 Å². The normalized spacial score (nSPS) is 19.9.